The van der Waals surface area contributed by atoms with Crippen LogP contribution in [0, 0.1) is 5.82 Å². The standard InChI is InChI=1S/C21H20FN3O3/c1-27-18-9-7-14(8-10-18)21(26)25-11-3-5-16(13-25)20-23-19(24-28-20)15-4-2-6-17(22)12-15/h2,4,6-10,12,16H,3,5,11,13H2,1H3. The van der Waals surface area contributed by atoms with E-state index in [0.29, 0.717) is 41.7 Å². The third-order valence-electron chi connectivity index (χ3n) is 4.92. The molecule has 1 atom stereocenters. The van der Waals surface area contributed by atoms with Crippen LogP contribution < -0.4 is 4.74 Å². The first-order valence-electron chi connectivity index (χ1n) is 9.17. The van der Waals surface area contributed by atoms with Gasteiger partial charge in [0.25, 0.3) is 5.91 Å². The number of aromatic nitrogens is 2. The Morgan fingerprint density at radius 1 is 1.25 bits per heavy atom. The van der Waals surface area contributed by atoms with E-state index in [0.717, 1.165) is 12.8 Å². The minimum atomic E-state index is -0.349. The summed E-state index contributed by atoms with van der Waals surface area (Å²) in [5.41, 5.74) is 1.18. The monoisotopic (exact) mass is 381 g/mol. The van der Waals surface area contributed by atoms with Crippen LogP contribution in [0.1, 0.15) is 35.0 Å². The lowest BCUT2D eigenvalue weighted by atomic mass is 9.97. The van der Waals surface area contributed by atoms with Gasteiger partial charge in [0.2, 0.25) is 11.7 Å². The minimum Gasteiger partial charge on any atom is -0.497 e. The maximum absolute atomic E-state index is 13.4. The molecule has 1 saturated heterocycles. The van der Waals surface area contributed by atoms with Crippen molar-refractivity contribution >= 4 is 5.91 Å². The van der Waals surface area contributed by atoms with Crippen molar-refractivity contribution in [3.63, 3.8) is 0 Å². The molecule has 3 aromatic rings. The van der Waals surface area contributed by atoms with Crippen LogP contribution in [0.5, 0.6) is 5.75 Å². The van der Waals surface area contributed by atoms with Crippen LogP contribution in [0.4, 0.5) is 4.39 Å². The molecule has 6 nitrogen and oxygen atoms in total. The number of hydrogen-bond acceptors (Lipinski definition) is 5. The van der Waals surface area contributed by atoms with Gasteiger partial charge >= 0.3 is 0 Å². The van der Waals surface area contributed by atoms with Crippen LogP contribution in [0.2, 0.25) is 0 Å². The van der Waals surface area contributed by atoms with Crippen molar-refractivity contribution in [1.82, 2.24) is 15.0 Å². The maximum atomic E-state index is 13.4. The van der Waals surface area contributed by atoms with E-state index < -0.39 is 0 Å². The number of carbonyl (C=O) groups excluding carboxylic acids is 1. The fraction of sp³-hybridized carbons (Fsp3) is 0.286. The third-order valence-corrected chi connectivity index (χ3v) is 4.92. The number of halogens is 1. The van der Waals surface area contributed by atoms with Gasteiger partial charge in [0, 0.05) is 24.2 Å². The predicted molar refractivity (Wildman–Crippen MR) is 101 cm³/mol. The summed E-state index contributed by atoms with van der Waals surface area (Å²) in [6.07, 6.45) is 1.71. The second-order valence-electron chi connectivity index (χ2n) is 6.79. The van der Waals surface area contributed by atoms with Gasteiger partial charge in [-0.05, 0) is 49.2 Å². The van der Waals surface area contributed by atoms with Crippen LogP contribution in [0.3, 0.4) is 0 Å². The van der Waals surface area contributed by atoms with Crippen molar-refractivity contribution in [3.8, 4) is 17.1 Å². The molecule has 0 spiro atoms. The summed E-state index contributed by atoms with van der Waals surface area (Å²) in [7, 11) is 1.59. The van der Waals surface area contributed by atoms with Crippen LogP contribution in [-0.2, 0) is 0 Å². The van der Waals surface area contributed by atoms with Crippen molar-refractivity contribution < 1.29 is 18.4 Å². The number of methoxy groups -OCH3 is 1. The number of carbonyl (C=O) groups is 1. The van der Waals surface area contributed by atoms with Gasteiger partial charge in [-0.25, -0.2) is 4.39 Å². The van der Waals surface area contributed by atoms with Gasteiger partial charge in [0.15, 0.2) is 0 Å². The molecule has 2 aromatic carbocycles. The van der Waals surface area contributed by atoms with Crippen LogP contribution in [0.15, 0.2) is 53.1 Å². The molecular weight excluding hydrogens is 361 g/mol. The molecule has 4 rings (SSSR count). The van der Waals surface area contributed by atoms with Crippen LogP contribution in [-0.4, -0.2) is 41.1 Å². The molecule has 1 amide bonds. The normalized spacial score (nSPS) is 16.8. The Morgan fingerprint density at radius 3 is 2.82 bits per heavy atom. The van der Waals surface area contributed by atoms with E-state index in [-0.39, 0.29) is 17.6 Å². The van der Waals surface area contributed by atoms with Crippen LogP contribution in [0.25, 0.3) is 11.4 Å². The number of amides is 1. The Bertz CT molecular complexity index is 971. The number of rotatable bonds is 4. The zero-order chi connectivity index (χ0) is 19.5. The maximum Gasteiger partial charge on any atom is 0.253 e. The van der Waals surface area contributed by atoms with E-state index in [1.165, 1.54) is 12.1 Å². The third kappa shape index (κ3) is 3.74. The second-order valence-corrected chi connectivity index (χ2v) is 6.79. The zero-order valence-electron chi connectivity index (χ0n) is 15.5. The van der Waals surface area contributed by atoms with Gasteiger partial charge in [-0.1, -0.05) is 17.3 Å². The van der Waals surface area contributed by atoms with Crippen molar-refractivity contribution in [2.24, 2.45) is 0 Å². The molecule has 0 N–H and O–H groups in total. The van der Waals surface area contributed by atoms with Crippen molar-refractivity contribution in [3.05, 3.63) is 65.8 Å². The predicted octanol–water partition coefficient (Wildman–Crippen LogP) is 3.90. The van der Waals surface area contributed by atoms with Gasteiger partial charge < -0.3 is 14.2 Å². The van der Waals surface area contributed by atoms with E-state index in [9.17, 15) is 9.18 Å². The highest BCUT2D eigenvalue weighted by molar-refractivity contribution is 5.94. The molecule has 28 heavy (non-hydrogen) atoms. The molecule has 0 aliphatic carbocycles. The Morgan fingerprint density at radius 2 is 2.07 bits per heavy atom. The Balaban J connectivity index is 1.48. The fourth-order valence-corrected chi connectivity index (χ4v) is 3.43. The lowest BCUT2D eigenvalue weighted by Gasteiger charge is -2.31. The van der Waals surface area contributed by atoms with Gasteiger partial charge in [-0.3, -0.25) is 4.79 Å². The number of nitrogens with zero attached hydrogens (tertiary/aromatic N) is 3. The first kappa shape index (κ1) is 18.2. The Kier molecular flexibility index (Phi) is 5.06. The lowest BCUT2D eigenvalue weighted by molar-refractivity contribution is 0.0695. The number of piperidine rings is 1. The molecule has 0 saturated carbocycles. The van der Waals surface area contributed by atoms with Gasteiger partial charge in [0.05, 0.1) is 13.0 Å². The Hall–Kier alpha value is -3.22. The molecule has 1 aliphatic heterocycles. The molecular formula is C21H20FN3O3. The topological polar surface area (TPSA) is 68.5 Å². The average Bonchev–Trinajstić information content (AvgIpc) is 3.24. The summed E-state index contributed by atoms with van der Waals surface area (Å²) < 4.78 is 24.0. The lowest BCUT2D eigenvalue weighted by Crippen LogP contribution is -2.39. The molecule has 2 heterocycles. The van der Waals surface area contributed by atoms with Crippen molar-refractivity contribution in [2.45, 2.75) is 18.8 Å². The van der Waals surface area contributed by atoms with Gasteiger partial charge in [-0.2, -0.15) is 4.98 Å². The highest BCUT2D eigenvalue weighted by Gasteiger charge is 2.29. The Labute approximate surface area is 161 Å². The quantitative estimate of drug-likeness (QED) is 0.686. The second kappa shape index (κ2) is 7.80. The number of likely N-dealkylation sites (tertiary alicyclic amines) is 1. The average molecular weight is 381 g/mol. The number of benzene rings is 2. The summed E-state index contributed by atoms with van der Waals surface area (Å²) in [6, 6.07) is 13.2. The van der Waals surface area contributed by atoms with E-state index in [1.54, 1.807) is 43.5 Å². The molecule has 1 aliphatic rings. The number of hydrogen-bond donors (Lipinski definition) is 0. The fourth-order valence-electron chi connectivity index (χ4n) is 3.43. The first-order chi connectivity index (χ1) is 13.6. The molecule has 0 bridgehead atoms. The number of ether oxygens (including phenoxy) is 1. The molecule has 7 heteroatoms. The largest absolute Gasteiger partial charge is 0.497 e. The summed E-state index contributed by atoms with van der Waals surface area (Å²) in [4.78, 5) is 19.1. The van der Waals surface area contributed by atoms with E-state index >= 15 is 0 Å². The van der Waals surface area contributed by atoms with Gasteiger partial charge in [-0.15, -0.1) is 0 Å². The molecule has 1 fully saturated rings. The first-order valence-corrected chi connectivity index (χ1v) is 9.17. The smallest absolute Gasteiger partial charge is 0.253 e. The molecule has 1 aromatic heterocycles. The zero-order valence-corrected chi connectivity index (χ0v) is 15.5. The SMILES string of the molecule is COc1ccc(C(=O)N2CCCC(c3nc(-c4cccc(F)c4)no3)C2)cc1. The van der Waals surface area contributed by atoms with Crippen molar-refractivity contribution in [2.75, 3.05) is 20.2 Å². The van der Waals surface area contributed by atoms with E-state index in [4.69, 9.17) is 9.26 Å². The molecule has 1 unspecified atom stereocenters. The minimum absolute atomic E-state index is 0.0303. The van der Waals surface area contributed by atoms with Gasteiger partial charge in [0.1, 0.15) is 11.6 Å². The van der Waals surface area contributed by atoms with E-state index in [1.807, 2.05) is 4.90 Å². The summed E-state index contributed by atoms with van der Waals surface area (Å²) in [6.45, 7) is 1.20. The summed E-state index contributed by atoms with van der Waals surface area (Å²) in [5.74, 6) is 1.13. The molecule has 0 radical (unpaired) electrons. The summed E-state index contributed by atoms with van der Waals surface area (Å²) in [5, 5.41) is 3.98. The van der Waals surface area contributed by atoms with E-state index in [2.05, 4.69) is 10.1 Å². The highest BCUT2D eigenvalue weighted by atomic mass is 19.1. The van der Waals surface area contributed by atoms with Crippen LogP contribution >= 0.6 is 0 Å². The molecule has 144 valence electrons. The summed E-state index contributed by atoms with van der Waals surface area (Å²) >= 11 is 0. The van der Waals surface area contributed by atoms with Crippen molar-refractivity contribution in [1.29, 1.82) is 0 Å². The highest BCUT2D eigenvalue weighted by Crippen LogP contribution is 2.28.